The molecule has 0 amide bonds. The first-order chi connectivity index (χ1) is 17.9. The van der Waals surface area contributed by atoms with E-state index in [1.54, 1.807) is 16.7 Å². The minimum Gasteiger partial charge on any atom is -0.0622 e. The fourth-order valence-corrected chi connectivity index (χ4v) is 34.6. The molecule has 1 N–H and O–H groups in total. The van der Waals surface area contributed by atoms with E-state index in [0.717, 1.165) is 11.8 Å². The van der Waals surface area contributed by atoms with Gasteiger partial charge >= 0.3 is 172 Å². The van der Waals surface area contributed by atoms with Gasteiger partial charge in [-0.05, 0) is 11.1 Å². The van der Waals surface area contributed by atoms with Crippen LogP contribution in [0.15, 0.2) is 80.7 Å². The van der Waals surface area contributed by atoms with Crippen LogP contribution in [0.4, 0.5) is 0 Å². The SMILES string of the molecule is CC1=C(C)C(C)[C]([Hf]([NH]C23CC4CC(C)(CC(C)(C4)C2)C3)[SiH](C)C)=C1C.c1ccc(-c2ccccc2)cc1. The molecule has 2 aromatic carbocycles. The molecule has 5 aliphatic rings. The summed E-state index contributed by atoms with van der Waals surface area (Å²) in [6.07, 6.45) is 8.99. The van der Waals surface area contributed by atoms with E-state index in [2.05, 4.69) is 106 Å². The normalized spacial score (nSPS) is 33.6. The quantitative estimate of drug-likeness (QED) is 0.308. The largest absolute Gasteiger partial charge is 0.0622 e. The Hall–Kier alpha value is -1.03. The Morgan fingerprint density at radius 2 is 1.24 bits per heavy atom. The Bertz CT molecular complexity index is 1160. The van der Waals surface area contributed by atoms with Crippen molar-refractivity contribution in [2.45, 2.75) is 98.7 Å². The molecular weight excluding hydrogens is 641 g/mol. The van der Waals surface area contributed by atoms with Crippen LogP contribution < -0.4 is 3.30 Å². The van der Waals surface area contributed by atoms with Crippen LogP contribution in [0.2, 0.25) is 13.1 Å². The van der Waals surface area contributed by atoms with E-state index in [-0.39, 0.29) is 0 Å². The molecule has 4 bridgehead atoms. The first kappa shape index (κ1) is 28.5. The third-order valence-corrected chi connectivity index (χ3v) is 35.6. The Morgan fingerprint density at radius 3 is 1.63 bits per heavy atom. The molecule has 0 radical (unpaired) electrons. The monoisotopic (exact) mass is 692 g/mol. The zero-order valence-electron chi connectivity index (χ0n) is 25.2. The molecule has 7 rings (SSSR count). The summed E-state index contributed by atoms with van der Waals surface area (Å²) in [4.78, 5) is 0. The molecule has 2 aromatic rings. The molecule has 0 aromatic heterocycles. The summed E-state index contributed by atoms with van der Waals surface area (Å²) in [5, 5.41) is 0. The first-order valence-corrected chi connectivity index (χ1v) is 27.8. The minimum atomic E-state index is -1.96. The second kappa shape index (κ2) is 10.7. The van der Waals surface area contributed by atoms with Crippen LogP contribution in [0, 0.1) is 22.7 Å². The molecule has 4 fully saturated rings. The third kappa shape index (κ3) is 5.59. The third-order valence-electron chi connectivity index (χ3n) is 10.4. The van der Waals surface area contributed by atoms with Crippen molar-refractivity contribution in [3.8, 4) is 11.1 Å². The van der Waals surface area contributed by atoms with Gasteiger partial charge < -0.3 is 0 Å². The van der Waals surface area contributed by atoms with E-state index in [1.807, 2.05) is 15.5 Å². The van der Waals surface area contributed by atoms with Crippen molar-refractivity contribution < 1.29 is 20.9 Å². The van der Waals surface area contributed by atoms with Crippen LogP contribution in [0.3, 0.4) is 0 Å². The maximum absolute atomic E-state index is 4.65. The van der Waals surface area contributed by atoms with E-state index < -0.39 is 26.9 Å². The van der Waals surface area contributed by atoms with Crippen molar-refractivity contribution in [2.24, 2.45) is 22.7 Å². The summed E-state index contributed by atoms with van der Waals surface area (Å²) < 4.78 is 6.62. The molecule has 0 aliphatic heterocycles. The predicted octanol–water partition coefficient (Wildman–Crippen LogP) is 9.46. The molecule has 3 heteroatoms. The average Bonchev–Trinajstić information content (AvgIpc) is 3.04. The van der Waals surface area contributed by atoms with Crippen LogP contribution >= 0.6 is 0 Å². The average molecular weight is 691 g/mol. The van der Waals surface area contributed by atoms with Crippen molar-refractivity contribution in [1.82, 2.24) is 3.30 Å². The van der Waals surface area contributed by atoms with Crippen molar-refractivity contribution in [3.05, 3.63) is 80.7 Å². The van der Waals surface area contributed by atoms with Gasteiger partial charge in [-0.2, -0.15) is 0 Å². The van der Waals surface area contributed by atoms with E-state index in [9.17, 15) is 0 Å². The van der Waals surface area contributed by atoms with Crippen LogP contribution in [-0.4, -0.2) is 11.5 Å². The minimum absolute atomic E-state index is 0.514. The van der Waals surface area contributed by atoms with Crippen LogP contribution in [0.25, 0.3) is 11.1 Å². The molecule has 38 heavy (non-hydrogen) atoms. The molecule has 4 saturated carbocycles. The molecule has 1 nitrogen and oxygen atoms in total. The van der Waals surface area contributed by atoms with Crippen molar-refractivity contribution >= 4 is 5.98 Å². The maximum atomic E-state index is 4.65. The van der Waals surface area contributed by atoms with Gasteiger partial charge in [0.1, 0.15) is 0 Å². The van der Waals surface area contributed by atoms with Gasteiger partial charge in [0.25, 0.3) is 0 Å². The van der Waals surface area contributed by atoms with Crippen molar-refractivity contribution in [2.75, 3.05) is 0 Å². The Balaban J connectivity index is 0.000000204. The van der Waals surface area contributed by atoms with Crippen molar-refractivity contribution in [1.29, 1.82) is 0 Å². The Labute approximate surface area is 242 Å². The molecule has 3 atom stereocenters. The zero-order chi connectivity index (χ0) is 27.3. The van der Waals surface area contributed by atoms with Crippen molar-refractivity contribution in [3.63, 3.8) is 0 Å². The summed E-state index contributed by atoms with van der Waals surface area (Å²) in [6, 6.07) is 20.8. The second-order valence-corrected chi connectivity index (χ2v) is 39.7. The number of nitrogens with one attached hydrogen (secondary N) is 1. The smallest absolute Gasteiger partial charge is 0.0184 e. The summed E-state index contributed by atoms with van der Waals surface area (Å²) in [7, 11) is 0. The summed E-state index contributed by atoms with van der Waals surface area (Å²) in [6.45, 7) is 20.3. The van der Waals surface area contributed by atoms with Crippen LogP contribution in [0.5, 0.6) is 0 Å². The van der Waals surface area contributed by atoms with Gasteiger partial charge in [0.2, 0.25) is 0 Å². The van der Waals surface area contributed by atoms with E-state index in [1.165, 1.54) is 49.7 Å². The topological polar surface area (TPSA) is 12.0 Å². The van der Waals surface area contributed by atoms with Gasteiger partial charge in [-0.3, -0.25) is 0 Å². The molecular formula is C35H50HfNSi. The second-order valence-electron chi connectivity index (χ2n) is 14.4. The Morgan fingerprint density at radius 1 is 0.737 bits per heavy atom. The first-order valence-electron chi connectivity index (χ1n) is 15.1. The molecule has 203 valence electrons. The van der Waals surface area contributed by atoms with Gasteiger partial charge in [-0.15, -0.1) is 0 Å². The van der Waals surface area contributed by atoms with Gasteiger partial charge in [0.05, 0.1) is 0 Å². The molecule has 3 unspecified atom stereocenters. The standard InChI is InChI=1S/C12H20N.C12H10.C9H13.C2H7Si.Hf/c1-10-3-9-4-11(2,6-10)8-12(13,5-9)7-10;1-3-7-11(8-4-1)12-9-5-2-6-10-12;1-6-5-7(2)9(4)8(6)3;1-3-2;/h9,13H,3-8H2,1-2H3;1-10H;6H,1-4H3;3H,1-2H3;/q-1;;;;+1. The number of rotatable bonds is 5. The zero-order valence-corrected chi connectivity index (χ0v) is 30.0. The van der Waals surface area contributed by atoms with Gasteiger partial charge in [0, 0.05) is 0 Å². The predicted molar refractivity (Wildman–Crippen MR) is 164 cm³/mol. The molecule has 5 aliphatic carbocycles. The van der Waals surface area contributed by atoms with E-state index >= 15 is 0 Å². The van der Waals surface area contributed by atoms with Crippen LogP contribution in [0.1, 0.15) is 80.1 Å². The summed E-state index contributed by atoms with van der Waals surface area (Å²) in [5.74, 6) is 1.11. The number of benzene rings is 2. The summed E-state index contributed by atoms with van der Waals surface area (Å²) >= 11 is -1.96. The maximum Gasteiger partial charge on any atom is -0.0184 e. The van der Waals surface area contributed by atoms with Gasteiger partial charge in [0.15, 0.2) is 0 Å². The van der Waals surface area contributed by atoms with E-state index in [4.69, 9.17) is 0 Å². The Kier molecular flexibility index (Phi) is 8.06. The number of hydrogen-bond donors (Lipinski definition) is 1. The fourth-order valence-electron chi connectivity index (χ4n) is 9.46. The number of hydrogen-bond acceptors (Lipinski definition) is 1. The molecule has 0 saturated heterocycles. The van der Waals surface area contributed by atoms with Crippen LogP contribution in [-0.2, 0) is 20.9 Å². The fraction of sp³-hybridized carbons (Fsp3) is 0.543. The van der Waals surface area contributed by atoms with E-state index in [0.29, 0.717) is 16.4 Å². The molecule has 0 spiro atoms. The molecule has 0 heterocycles. The summed E-state index contributed by atoms with van der Waals surface area (Å²) in [5.41, 5.74) is 9.32. The number of allylic oxidation sites excluding steroid dienone is 4. The van der Waals surface area contributed by atoms with Gasteiger partial charge in [-0.1, -0.05) is 60.7 Å². The van der Waals surface area contributed by atoms with Gasteiger partial charge in [-0.25, -0.2) is 0 Å².